The van der Waals surface area contributed by atoms with Gasteiger partial charge in [0.25, 0.3) is 0 Å². The number of benzene rings is 5. The second-order valence-corrected chi connectivity index (χ2v) is 17.9. The number of nitrogens with zero attached hydrogens (tertiary/aromatic N) is 3. The molecule has 0 atom stereocenters. The Kier molecular flexibility index (Phi) is 7.98. The Morgan fingerprint density at radius 2 is 1.02 bits per heavy atom. The molecular weight excluding hydrogens is 810 g/mol. The van der Waals surface area contributed by atoms with E-state index in [2.05, 4.69) is 15.0 Å². The lowest BCUT2D eigenvalue weighted by atomic mass is 9.84. The summed E-state index contributed by atoms with van der Waals surface area (Å²) in [7, 11) is 0. The number of halogens is 1. The van der Waals surface area contributed by atoms with Crippen LogP contribution in [-0.4, -0.2) is 15.0 Å². The molecule has 5 heteroatoms. The predicted molar refractivity (Wildman–Crippen MR) is 271 cm³/mol. The van der Waals surface area contributed by atoms with E-state index in [0.29, 0.717) is 22.1 Å². The summed E-state index contributed by atoms with van der Waals surface area (Å²) in [4.78, 5) is 13.4. The summed E-state index contributed by atoms with van der Waals surface area (Å²) >= 11 is 0. The zero-order valence-corrected chi connectivity index (χ0v) is 37.5. The van der Waals surface area contributed by atoms with Crippen LogP contribution < -0.4 is 0 Å². The first kappa shape index (κ1) is 27.7. The van der Waals surface area contributed by atoms with Gasteiger partial charge in [-0.1, -0.05) is 139 Å². The second kappa shape index (κ2) is 19.0. The number of furan rings is 1. The lowest BCUT2D eigenvalue weighted by Gasteiger charge is -2.21. The molecule has 0 aliphatic carbocycles. The van der Waals surface area contributed by atoms with E-state index in [0.717, 1.165) is 42.9 Å². The minimum absolute atomic E-state index is 0.0687. The fourth-order valence-corrected chi connectivity index (χ4v) is 7.40. The Hall–Kier alpha value is -6.72. The average molecular weight is 888 g/mol. The van der Waals surface area contributed by atoms with Gasteiger partial charge in [-0.15, -0.1) is 0 Å². The molecule has 9 aromatic rings. The first-order valence-corrected chi connectivity index (χ1v) is 21.6. The fourth-order valence-electron chi connectivity index (χ4n) is 7.40. The molecule has 0 saturated carbocycles. The Bertz CT molecular complexity index is 3830. The van der Waals surface area contributed by atoms with Crippen LogP contribution in [0.4, 0.5) is 4.39 Å². The molecule has 0 N–H and O–H groups in total. The first-order chi connectivity index (χ1) is 38.7. The van der Waals surface area contributed by atoms with Crippen LogP contribution in [0.2, 0.25) is 0 Å². The second-order valence-electron chi connectivity index (χ2n) is 17.9. The highest BCUT2D eigenvalue weighted by Crippen LogP contribution is 2.36. The Morgan fingerprint density at radius 3 is 1.53 bits per heavy atom. The monoisotopic (exact) mass is 888 g/mol. The van der Waals surface area contributed by atoms with E-state index in [-0.39, 0.29) is 50.3 Å². The molecule has 66 heavy (non-hydrogen) atoms. The zero-order valence-electron chi connectivity index (χ0n) is 55.5. The average Bonchev–Trinajstić information content (AvgIpc) is 1.65. The topological polar surface area (TPSA) is 51.8 Å². The molecular formula is C61H60FN3O. The summed E-state index contributed by atoms with van der Waals surface area (Å²) in [5.74, 6) is -1.04. The predicted octanol–water partition coefficient (Wildman–Crippen LogP) is 15.4. The molecule has 332 valence electrons. The molecule has 4 aromatic heterocycles. The highest BCUT2D eigenvalue weighted by Gasteiger charge is 2.19. The zero-order chi connectivity index (χ0) is 61.9. The van der Waals surface area contributed by atoms with Crippen molar-refractivity contribution >= 4 is 21.9 Å². The van der Waals surface area contributed by atoms with E-state index in [9.17, 15) is 26.3 Å². The van der Waals surface area contributed by atoms with Crippen molar-refractivity contribution in [3.05, 3.63) is 208 Å². The first-order valence-electron chi connectivity index (χ1n) is 30.6. The smallest absolute Gasteiger partial charge is 0.144 e. The van der Waals surface area contributed by atoms with Crippen LogP contribution in [0, 0.1) is 16.6 Å². The molecule has 0 aliphatic heterocycles. The number of hydrogen-bond donors (Lipinski definition) is 0. The van der Waals surface area contributed by atoms with Gasteiger partial charge >= 0.3 is 0 Å². The maximum absolute atomic E-state index is 14.8. The molecule has 0 fully saturated rings. The van der Waals surface area contributed by atoms with Gasteiger partial charge in [0.1, 0.15) is 17.0 Å². The minimum Gasteiger partial charge on any atom is -0.455 e. The summed E-state index contributed by atoms with van der Waals surface area (Å²) < 4.78 is 192. The molecule has 9 rings (SSSR count). The number of pyridine rings is 3. The fraction of sp³-hybridized carbons (Fsp3) is 0.262. The molecule has 4 nitrogen and oxygen atoms in total. The van der Waals surface area contributed by atoms with Gasteiger partial charge in [-0.25, -0.2) is 4.39 Å². The lowest BCUT2D eigenvalue weighted by Crippen LogP contribution is -2.12. The Morgan fingerprint density at radius 1 is 0.500 bits per heavy atom. The van der Waals surface area contributed by atoms with Gasteiger partial charge < -0.3 is 4.42 Å². The van der Waals surface area contributed by atoms with Gasteiger partial charge in [0.2, 0.25) is 0 Å². The van der Waals surface area contributed by atoms with Gasteiger partial charge in [0.15, 0.2) is 0 Å². The third kappa shape index (κ3) is 10.9. The molecule has 5 aromatic carbocycles. The molecule has 0 bridgehead atoms. The molecule has 0 aliphatic rings. The van der Waals surface area contributed by atoms with Crippen molar-refractivity contribution < 1.29 is 33.5 Å². The van der Waals surface area contributed by atoms with Crippen LogP contribution in [0.15, 0.2) is 162 Å². The van der Waals surface area contributed by atoms with E-state index in [1.807, 2.05) is 0 Å². The lowest BCUT2D eigenvalue weighted by molar-refractivity contribution is 0.409. The molecule has 0 radical (unpaired) electrons. The van der Waals surface area contributed by atoms with E-state index in [1.54, 1.807) is 120 Å². The van der Waals surface area contributed by atoms with Crippen LogP contribution in [-0.2, 0) is 51.0 Å². The van der Waals surface area contributed by atoms with Gasteiger partial charge in [0.05, 0.1) is 19.8 Å². The summed E-state index contributed by atoms with van der Waals surface area (Å²) in [6, 6.07) is 30.0. The normalized spacial score (nSPS) is 17.8. The van der Waals surface area contributed by atoms with Gasteiger partial charge in [-0.2, -0.15) is 0 Å². The quantitative estimate of drug-likeness (QED) is 0.109. The maximum Gasteiger partial charge on any atom is 0.144 e. The van der Waals surface area contributed by atoms with E-state index in [1.165, 1.54) is 24.3 Å². The van der Waals surface area contributed by atoms with E-state index < -0.39 is 108 Å². The molecule has 0 saturated heterocycles. The van der Waals surface area contributed by atoms with E-state index in [4.69, 9.17) is 7.16 Å². The van der Waals surface area contributed by atoms with Gasteiger partial charge in [-0.05, 0) is 149 Å². The number of fused-ring (bicyclic) bond motifs is 3. The van der Waals surface area contributed by atoms with Gasteiger partial charge in [-0.3, -0.25) is 15.0 Å². The van der Waals surface area contributed by atoms with Crippen molar-refractivity contribution in [1.82, 2.24) is 15.0 Å². The van der Waals surface area contributed by atoms with Crippen LogP contribution in [0.1, 0.15) is 111 Å². The largest absolute Gasteiger partial charge is 0.455 e. The third-order valence-electron chi connectivity index (χ3n) is 10.3. The number of aryl methyl sites for hydroxylation is 6. The summed E-state index contributed by atoms with van der Waals surface area (Å²) in [5, 5.41) is 0.452. The van der Waals surface area contributed by atoms with Crippen molar-refractivity contribution in [3.8, 4) is 33.8 Å². The number of rotatable bonds is 14. The molecule has 4 heterocycles. The SMILES string of the molecule is [2H]c1cc2oc3c(-c4ccc(C([2H])([2H])C([2H])([2H])c5cc(C([2H])([2H])C([2H])([2H])c6cnc(-c7ccccc7)cc6C([2H])([2H])C(C)(C)C)cc(C([2H])([2H])C([2H])([2H])c6cnc(-c7ccccc7)cc6C([2H])([2H])C(C)(C)C)c5)cn4)cccc3c2c([2H])c1F. The van der Waals surface area contributed by atoms with Crippen LogP contribution in [0.3, 0.4) is 0 Å². The van der Waals surface area contributed by atoms with Crippen molar-refractivity contribution in [2.75, 3.05) is 0 Å². The molecule has 0 amide bonds. The third-order valence-corrected chi connectivity index (χ3v) is 10.3. The minimum atomic E-state index is -3.43. The molecule has 0 spiro atoms. The van der Waals surface area contributed by atoms with Gasteiger partial charge in [0, 0.05) is 68.0 Å². The van der Waals surface area contributed by atoms with Crippen LogP contribution in [0.25, 0.3) is 55.7 Å². The number of para-hydroxylation sites is 1. The summed E-state index contributed by atoms with van der Waals surface area (Å²) in [5.41, 5.74) is -4.54. The standard InChI is InChI=1S/C61H60FN3O/c1-60(2,3)36-49-33-56(45-14-9-7-10-15-45)64-39-47(49)25-22-43-30-42(31-44(32-43)23-26-48-40-65-57(46-16-11-8-12-17-46)34-50(48)37-61(4,5)6)21-20-41-24-28-55(63-38-41)53-19-13-18-52-54-35-51(62)27-29-58(54)66-59(52)53/h7-19,24,27-35,38-40H,20-23,25-26,36-37H2,1-6H3/i20D2,21D2,22D2,23D2,25D2,26D2,27D,35D,36D2,37D2. The highest BCUT2D eigenvalue weighted by molar-refractivity contribution is 6.09. The van der Waals surface area contributed by atoms with E-state index >= 15 is 0 Å². The highest BCUT2D eigenvalue weighted by atomic mass is 19.1. The summed E-state index contributed by atoms with van der Waals surface area (Å²) in [6.45, 7) is 9.53. The van der Waals surface area contributed by atoms with Crippen molar-refractivity contribution in [3.63, 3.8) is 0 Å². The van der Waals surface area contributed by atoms with Crippen molar-refractivity contribution in [1.29, 1.82) is 0 Å². The molecule has 0 unspecified atom stereocenters. The van der Waals surface area contributed by atoms with Crippen molar-refractivity contribution in [2.24, 2.45) is 10.8 Å². The Balaban J connectivity index is 1.24. The number of hydrogen-bond acceptors (Lipinski definition) is 4. The van der Waals surface area contributed by atoms with Crippen LogP contribution in [0.5, 0.6) is 0 Å². The Labute approximate surface area is 415 Å². The maximum atomic E-state index is 14.8. The summed E-state index contributed by atoms with van der Waals surface area (Å²) in [6.07, 6.45) is -21.7. The number of aromatic nitrogens is 3. The van der Waals surface area contributed by atoms with Crippen molar-refractivity contribution in [2.45, 2.75) is 92.5 Å². The van der Waals surface area contributed by atoms with Crippen LogP contribution >= 0.6 is 0 Å².